The van der Waals surface area contributed by atoms with E-state index in [0.29, 0.717) is 35.6 Å². The summed E-state index contributed by atoms with van der Waals surface area (Å²) >= 11 is 0. The Bertz CT molecular complexity index is 1190. The number of benzene rings is 2. The molecule has 0 bridgehead atoms. The number of carbonyl (C=O) groups is 1. The van der Waals surface area contributed by atoms with Crippen LogP contribution in [0.2, 0.25) is 0 Å². The standard InChI is InChI=1S/C22H16F3N3O3/c23-15-8-17(25)18(9-16(15)24)27-21(30)28-22-10-14(22)20(22)13-7-12(1-2-19(13)29)31-11-3-5-26-6-4-11/h1-9,14,20,29H,10H2,(H2,27,28,30)/t14-,20+,22-/m0/s1. The van der Waals surface area contributed by atoms with Gasteiger partial charge in [-0.1, -0.05) is 0 Å². The number of rotatable bonds is 5. The van der Waals surface area contributed by atoms with Crippen molar-refractivity contribution in [2.24, 2.45) is 5.92 Å². The molecule has 0 saturated heterocycles. The highest BCUT2D eigenvalue weighted by atomic mass is 19.2. The summed E-state index contributed by atoms with van der Waals surface area (Å²) < 4.78 is 45.9. The molecule has 158 valence electrons. The number of amides is 2. The number of pyridine rings is 1. The zero-order chi connectivity index (χ0) is 21.8. The number of aromatic nitrogens is 1. The van der Waals surface area contributed by atoms with E-state index in [-0.39, 0.29) is 17.6 Å². The summed E-state index contributed by atoms with van der Waals surface area (Å²) in [7, 11) is 0. The maximum atomic E-state index is 13.8. The molecule has 2 fully saturated rings. The summed E-state index contributed by atoms with van der Waals surface area (Å²) in [6.45, 7) is 0. The molecule has 31 heavy (non-hydrogen) atoms. The SMILES string of the molecule is O=C(Nc1cc(F)c(F)cc1F)N[C@@]12C[C@H]1[C@H]2c1cc(Oc2ccncc2)ccc1O. The van der Waals surface area contributed by atoms with Gasteiger partial charge in [-0.3, -0.25) is 4.98 Å². The van der Waals surface area contributed by atoms with E-state index < -0.39 is 34.7 Å². The van der Waals surface area contributed by atoms with E-state index in [4.69, 9.17) is 4.74 Å². The third-order valence-electron chi connectivity index (χ3n) is 5.73. The van der Waals surface area contributed by atoms with Crippen molar-refractivity contribution in [1.82, 2.24) is 10.3 Å². The highest BCUT2D eigenvalue weighted by Gasteiger charge is 2.80. The molecule has 3 aromatic rings. The zero-order valence-corrected chi connectivity index (χ0v) is 15.9. The lowest BCUT2D eigenvalue weighted by atomic mass is 9.99. The minimum Gasteiger partial charge on any atom is -0.508 e. The fourth-order valence-electron chi connectivity index (χ4n) is 3.99. The van der Waals surface area contributed by atoms with E-state index >= 15 is 0 Å². The lowest BCUT2D eigenvalue weighted by Crippen LogP contribution is -2.36. The van der Waals surface area contributed by atoms with Gasteiger partial charge in [-0.05, 0) is 42.7 Å². The van der Waals surface area contributed by atoms with Crippen LogP contribution in [-0.2, 0) is 0 Å². The second-order valence-corrected chi connectivity index (χ2v) is 7.66. The molecule has 3 N–H and O–H groups in total. The highest BCUT2D eigenvalue weighted by Crippen LogP contribution is 2.77. The lowest BCUT2D eigenvalue weighted by molar-refractivity contribution is 0.249. The van der Waals surface area contributed by atoms with Gasteiger partial charge >= 0.3 is 6.03 Å². The molecule has 2 saturated carbocycles. The van der Waals surface area contributed by atoms with Crippen molar-refractivity contribution in [1.29, 1.82) is 0 Å². The fourth-order valence-corrected chi connectivity index (χ4v) is 3.99. The number of fused-ring (bicyclic) bond motifs is 1. The number of urea groups is 1. The van der Waals surface area contributed by atoms with E-state index in [0.717, 1.165) is 0 Å². The molecule has 0 spiro atoms. The number of nitrogens with one attached hydrogen (secondary N) is 2. The molecule has 2 aliphatic rings. The number of phenols is 1. The smallest absolute Gasteiger partial charge is 0.319 e. The van der Waals surface area contributed by atoms with Crippen LogP contribution in [0.3, 0.4) is 0 Å². The first kappa shape index (κ1) is 19.2. The second kappa shape index (κ2) is 6.90. The van der Waals surface area contributed by atoms with Crippen LogP contribution < -0.4 is 15.4 Å². The van der Waals surface area contributed by atoms with Crippen LogP contribution in [0.1, 0.15) is 17.9 Å². The molecule has 3 atom stereocenters. The number of hydrogen-bond acceptors (Lipinski definition) is 4. The van der Waals surface area contributed by atoms with Gasteiger partial charge in [-0.2, -0.15) is 0 Å². The lowest BCUT2D eigenvalue weighted by Gasteiger charge is -2.17. The third-order valence-corrected chi connectivity index (χ3v) is 5.73. The number of aromatic hydroxyl groups is 1. The predicted octanol–water partition coefficient (Wildman–Crippen LogP) is 4.67. The van der Waals surface area contributed by atoms with Crippen molar-refractivity contribution in [3.05, 3.63) is 77.9 Å². The Morgan fingerprint density at radius 3 is 2.52 bits per heavy atom. The van der Waals surface area contributed by atoms with Gasteiger partial charge in [0.25, 0.3) is 0 Å². The quantitative estimate of drug-likeness (QED) is 0.517. The summed E-state index contributed by atoms with van der Waals surface area (Å²) in [4.78, 5) is 16.2. The van der Waals surface area contributed by atoms with Crippen molar-refractivity contribution < 1.29 is 27.8 Å². The van der Waals surface area contributed by atoms with Crippen LogP contribution in [0, 0.1) is 23.4 Å². The van der Waals surface area contributed by atoms with Gasteiger partial charge in [-0.15, -0.1) is 0 Å². The van der Waals surface area contributed by atoms with Crippen LogP contribution >= 0.6 is 0 Å². The fraction of sp³-hybridized carbons (Fsp3) is 0.182. The van der Waals surface area contributed by atoms with Crippen molar-refractivity contribution in [3.63, 3.8) is 0 Å². The number of hydrogen-bond donors (Lipinski definition) is 3. The first-order valence-electron chi connectivity index (χ1n) is 9.52. The summed E-state index contributed by atoms with van der Waals surface area (Å²) in [6, 6.07) is 8.48. The summed E-state index contributed by atoms with van der Waals surface area (Å²) in [5.74, 6) is -2.50. The van der Waals surface area contributed by atoms with E-state index in [1.54, 1.807) is 36.7 Å². The minimum atomic E-state index is -1.34. The molecule has 1 heterocycles. The molecule has 0 unspecified atom stereocenters. The van der Waals surface area contributed by atoms with Gasteiger partial charge in [0.15, 0.2) is 11.6 Å². The average molecular weight is 427 g/mol. The van der Waals surface area contributed by atoms with Gasteiger partial charge in [0, 0.05) is 36.0 Å². The van der Waals surface area contributed by atoms with Crippen molar-refractivity contribution >= 4 is 11.7 Å². The normalized spacial score (nSPS) is 22.9. The Morgan fingerprint density at radius 1 is 1.03 bits per heavy atom. The summed E-state index contributed by atoms with van der Waals surface area (Å²) in [5.41, 5.74) is -0.397. The molecule has 2 amide bonds. The Balaban J connectivity index is 1.29. The molecule has 0 radical (unpaired) electrons. The van der Waals surface area contributed by atoms with Gasteiger partial charge < -0.3 is 20.5 Å². The number of nitrogens with zero attached hydrogens (tertiary/aromatic N) is 1. The number of ether oxygens (including phenoxy) is 1. The monoisotopic (exact) mass is 427 g/mol. The Morgan fingerprint density at radius 2 is 1.77 bits per heavy atom. The first-order valence-corrected chi connectivity index (χ1v) is 9.52. The summed E-state index contributed by atoms with van der Waals surface area (Å²) in [6.07, 6.45) is 3.89. The molecule has 9 heteroatoms. The van der Waals surface area contributed by atoms with E-state index in [1.807, 2.05) is 0 Å². The maximum Gasteiger partial charge on any atom is 0.319 e. The molecular formula is C22H16F3N3O3. The minimum absolute atomic E-state index is 0.0764. The zero-order valence-electron chi connectivity index (χ0n) is 15.9. The number of phenolic OH excluding ortho intramolecular Hbond substituents is 1. The predicted molar refractivity (Wildman–Crippen MR) is 104 cm³/mol. The van der Waals surface area contributed by atoms with Gasteiger partial charge in [0.05, 0.1) is 11.2 Å². The number of halogens is 3. The van der Waals surface area contributed by atoms with Crippen molar-refractivity contribution in [2.75, 3.05) is 5.32 Å². The Hall–Kier alpha value is -3.75. The molecular weight excluding hydrogens is 411 g/mol. The van der Waals surface area contributed by atoms with E-state index in [9.17, 15) is 23.1 Å². The first-order chi connectivity index (χ1) is 14.9. The Kier molecular flexibility index (Phi) is 4.28. The topological polar surface area (TPSA) is 83.5 Å². The van der Waals surface area contributed by atoms with Gasteiger partial charge in [0.1, 0.15) is 23.1 Å². The molecule has 6 nitrogen and oxygen atoms in total. The number of anilines is 1. The highest BCUT2D eigenvalue weighted by molar-refractivity contribution is 5.91. The Labute approximate surface area is 174 Å². The largest absolute Gasteiger partial charge is 0.508 e. The summed E-state index contributed by atoms with van der Waals surface area (Å²) in [5, 5.41) is 15.3. The van der Waals surface area contributed by atoms with Crippen molar-refractivity contribution in [3.8, 4) is 17.2 Å². The second-order valence-electron chi connectivity index (χ2n) is 7.66. The van der Waals surface area contributed by atoms with Crippen LogP contribution in [0.4, 0.5) is 23.7 Å². The van der Waals surface area contributed by atoms with Crippen molar-refractivity contribution in [2.45, 2.75) is 17.9 Å². The van der Waals surface area contributed by atoms with Crippen LogP contribution in [0.15, 0.2) is 54.9 Å². The third kappa shape index (κ3) is 3.41. The molecule has 2 aliphatic carbocycles. The van der Waals surface area contributed by atoms with Crippen LogP contribution in [0.5, 0.6) is 17.2 Å². The van der Waals surface area contributed by atoms with E-state index in [2.05, 4.69) is 15.6 Å². The molecule has 5 rings (SSSR count). The molecule has 1 aromatic heterocycles. The van der Waals surface area contributed by atoms with Gasteiger partial charge in [-0.25, -0.2) is 18.0 Å². The van der Waals surface area contributed by atoms with Gasteiger partial charge in [0.2, 0.25) is 0 Å². The number of carbonyl (C=O) groups excluding carboxylic acids is 1. The van der Waals surface area contributed by atoms with Crippen LogP contribution in [-0.4, -0.2) is 21.7 Å². The van der Waals surface area contributed by atoms with Crippen LogP contribution in [0.25, 0.3) is 0 Å². The van der Waals surface area contributed by atoms with E-state index in [1.165, 1.54) is 6.07 Å². The molecule has 2 aromatic carbocycles. The maximum absolute atomic E-state index is 13.8. The molecule has 0 aliphatic heterocycles. The average Bonchev–Trinajstić information content (AvgIpc) is 3.59.